The lowest BCUT2D eigenvalue weighted by Crippen LogP contribution is -2.18. The Balaban J connectivity index is 2.09. The van der Waals surface area contributed by atoms with Crippen molar-refractivity contribution in [2.24, 2.45) is 0 Å². The molecule has 0 saturated carbocycles. The number of aryl methyl sites for hydroxylation is 1. The molecule has 3 N–H and O–H groups in total. The summed E-state index contributed by atoms with van der Waals surface area (Å²) in [4.78, 5) is 12.2. The van der Waals surface area contributed by atoms with E-state index < -0.39 is 0 Å². The highest BCUT2D eigenvalue weighted by molar-refractivity contribution is 5.66. The molecule has 0 radical (unpaired) electrons. The van der Waals surface area contributed by atoms with E-state index in [0.717, 1.165) is 16.7 Å². The van der Waals surface area contributed by atoms with Crippen LogP contribution in [0.5, 0.6) is 11.5 Å². The average molecular weight is 339 g/mol. The van der Waals surface area contributed by atoms with E-state index in [2.05, 4.69) is 24.0 Å². The van der Waals surface area contributed by atoms with Gasteiger partial charge in [-0.2, -0.15) is 5.10 Å². The minimum atomic E-state index is -0.353. The molecule has 130 valence electrons. The fourth-order valence-electron chi connectivity index (χ4n) is 2.96. The average Bonchev–Trinajstić information content (AvgIpc) is 2.90. The molecule has 2 aromatic carbocycles. The van der Waals surface area contributed by atoms with Crippen molar-refractivity contribution in [3.63, 3.8) is 0 Å². The molecule has 0 unspecified atom stereocenters. The van der Waals surface area contributed by atoms with Crippen LogP contribution in [0, 0.1) is 6.92 Å². The molecule has 6 nitrogen and oxygen atoms in total. The van der Waals surface area contributed by atoms with Crippen molar-refractivity contribution in [3.05, 3.63) is 63.6 Å². The number of H-pyrrole nitrogens is 1. The summed E-state index contributed by atoms with van der Waals surface area (Å²) in [5.41, 5.74) is 3.11. The predicted molar refractivity (Wildman–Crippen MR) is 96.0 cm³/mol. The zero-order chi connectivity index (χ0) is 18.1. The molecule has 0 bridgehead atoms. The summed E-state index contributed by atoms with van der Waals surface area (Å²) in [5, 5.41) is 26.3. The van der Waals surface area contributed by atoms with Crippen LogP contribution in [0.25, 0.3) is 11.4 Å². The van der Waals surface area contributed by atoms with E-state index in [9.17, 15) is 15.0 Å². The highest BCUT2D eigenvalue weighted by Gasteiger charge is 2.17. The fraction of sp³-hybridized carbons (Fsp3) is 0.263. The van der Waals surface area contributed by atoms with Gasteiger partial charge in [0.1, 0.15) is 11.5 Å². The van der Waals surface area contributed by atoms with E-state index in [-0.39, 0.29) is 29.7 Å². The van der Waals surface area contributed by atoms with Gasteiger partial charge in [0.05, 0.1) is 12.1 Å². The van der Waals surface area contributed by atoms with Crippen molar-refractivity contribution in [2.75, 3.05) is 0 Å². The molecule has 0 aliphatic heterocycles. The molecular formula is C19H21N3O3. The van der Waals surface area contributed by atoms with Crippen molar-refractivity contribution in [1.29, 1.82) is 0 Å². The summed E-state index contributed by atoms with van der Waals surface area (Å²) in [7, 11) is 0. The Morgan fingerprint density at radius 3 is 2.48 bits per heavy atom. The van der Waals surface area contributed by atoms with Crippen LogP contribution in [0.1, 0.15) is 36.5 Å². The van der Waals surface area contributed by atoms with Crippen molar-refractivity contribution in [1.82, 2.24) is 14.8 Å². The fourth-order valence-corrected chi connectivity index (χ4v) is 2.96. The molecule has 25 heavy (non-hydrogen) atoms. The summed E-state index contributed by atoms with van der Waals surface area (Å²) in [6.07, 6.45) is 0. The Labute approximate surface area is 145 Å². The Bertz CT molecular complexity index is 953. The second-order valence-electron chi connectivity index (χ2n) is 6.49. The number of phenols is 2. The maximum absolute atomic E-state index is 12.2. The lowest BCUT2D eigenvalue weighted by atomic mass is 9.95. The third-order valence-electron chi connectivity index (χ3n) is 4.28. The van der Waals surface area contributed by atoms with Gasteiger partial charge in [-0.1, -0.05) is 26.0 Å². The van der Waals surface area contributed by atoms with Gasteiger partial charge in [-0.3, -0.25) is 4.57 Å². The van der Waals surface area contributed by atoms with Crippen LogP contribution in [0.4, 0.5) is 0 Å². The van der Waals surface area contributed by atoms with E-state index in [4.69, 9.17) is 0 Å². The number of nitrogens with one attached hydrogen (secondary N) is 1. The predicted octanol–water partition coefficient (Wildman–Crippen LogP) is 3.13. The monoisotopic (exact) mass is 339 g/mol. The third kappa shape index (κ3) is 3.28. The Morgan fingerprint density at radius 1 is 1.16 bits per heavy atom. The van der Waals surface area contributed by atoms with Crippen molar-refractivity contribution in [2.45, 2.75) is 33.2 Å². The highest BCUT2D eigenvalue weighted by atomic mass is 16.3. The SMILES string of the molecule is Cc1cc(O)c(-c2n[nH]c(=O)n2Cc2ccc(O)cc2)cc1C(C)C. The van der Waals surface area contributed by atoms with E-state index in [1.54, 1.807) is 30.3 Å². The molecule has 0 fully saturated rings. The number of aromatic hydroxyl groups is 2. The summed E-state index contributed by atoms with van der Waals surface area (Å²) < 4.78 is 1.47. The number of hydrogen-bond donors (Lipinski definition) is 3. The minimum Gasteiger partial charge on any atom is -0.508 e. The van der Waals surface area contributed by atoms with E-state index in [1.165, 1.54) is 4.57 Å². The maximum atomic E-state index is 12.2. The normalized spacial score (nSPS) is 11.2. The van der Waals surface area contributed by atoms with E-state index >= 15 is 0 Å². The van der Waals surface area contributed by atoms with Crippen LogP contribution in [0.3, 0.4) is 0 Å². The van der Waals surface area contributed by atoms with Crippen LogP contribution < -0.4 is 5.69 Å². The van der Waals surface area contributed by atoms with Crippen LogP contribution in [0.2, 0.25) is 0 Å². The van der Waals surface area contributed by atoms with E-state index in [0.29, 0.717) is 11.4 Å². The number of nitrogens with zero attached hydrogens (tertiary/aromatic N) is 2. The van der Waals surface area contributed by atoms with Gasteiger partial charge in [0.2, 0.25) is 0 Å². The first-order chi connectivity index (χ1) is 11.9. The van der Waals surface area contributed by atoms with Crippen LogP contribution >= 0.6 is 0 Å². The van der Waals surface area contributed by atoms with Gasteiger partial charge in [-0.25, -0.2) is 9.89 Å². The van der Waals surface area contributed by atoms with Gasteiger partial charge in [0.25, 0.3) is 0 Å². The first kappa shape index (κ1) is 16.8. The molecule has 0 saturated heterocycles. The molecule has 1 aromatic heterocycles. The first-order valence-corrected chi connectivity index (χ1v) is 8.13. The van der Waals surface area contributed by atoms with Crippen molar-refractivity contribution in [3.8, 4) is 22.9 Å². The largest absolute Gasteiger partial charge is 0.508 e. The number of aromatic nitrogens is 3. The van der Waals surface area contributed by atoms with Gasteiger partial charge in [-0.15, -0.1) is 0 Å². The van der Waals surface area contributed by atoms with Crippen LogP contribution in [-0.4, -0.2) is 25.0 Å². The number of hydrogen-bond acceptors (Lipinski definition) is 4. The Kier molecular flexibility index (Phi) is 4.35. The van der Waals surface area contributed by atoms with E-state index in [1.807, 2.05) is 13.0 Å². The third-order valence-corrected chi connectivity index (χ3v) is 4.28. The van der Waals surface area contributed by atoms with Crippen molar-refractivity contribution >= 4 is 0 Å². The Hall–Kier alpha value is -3.02. The van der Waals surface area contributed by atoms with Crippen LogP contribution in [-0.2, 0) is 6.54 Å². The summed E-state index contributed by atoms with van der Waals surface area (Å²) in [6.45, 7) is 6.40. The lowest BCUT2D eigenvalue weighted by Gasteiger charge is -2.14. The number of benzene rings is 2. The minimum absolute atomic E-state index is 0.0906. The van der Waals surface area contributed by atoms with Crippen molar-refractivity contribution < 1.29 is 10.2 Å². The summed E-state index contributed by atoms with van der Waals surface area (Å²) in [5.74, 6) is 0.933. The molecule has 0 amide bonds. The number of phenolic OH excluding ortho intramolecular Hbond substituents is 2. The first-order valence-electron chi connectivity index (χ1n) is 8.13. The van der Waals surface area contributed by atoms with Crippen LogP contribution in [0.15, 0.2) is 41.2 Å². The van der Waals surface area contributed by atoms with Gasteiger partial charge >= 0.3 is 5.69 Å². The number of rotatable bonds is 4. The van der Waals surface area contributed by atoms with Gasteiger partial charge in [-0.05, 0) is 53.8 Å². The molecule has 0 aliphatic rings. The standard InChI is InChI=1S/C19H21N3O3/c1-11(2)15-9-16(17(24)8-12(15)3)18-20-21-19(25)22(18)10-13-4-6-14(23)7-5-13/h4-9,11,23-24H,10H2,1-3H3,(H,21,25). The molecule has 6 heteroatoms. The molecule has 0 spiro atoms. The highest BCUT2D eigenvalue weighted by Crippen LogP contribution is 2.33. The molecule has 1 heterocycles. The molecule has 3 aromatic rings. The zero-order valence-electron chi connectivity index (χ0n) is 14.4. The molecule has 0 aliphatic carbocycles. The van der Waals surface area contributed by atoms with Gasteiger partial charge in [0.15, 0.2) is 5.82 Å². The lowest BCUT2D eigenvalue weighted by molar-refractivity contribution is 0.475. The quantitative estimate of drug-likeness (QED) is 0.681. The topological polar surface area (TPSA) is 91.1 Å². The molecule has 3 rings (SSSR count). The Morgan fingerprint density at radius 2 is 1.84 bits per heavy atom. The van der Waals surface area contributed by atoms with Gasteiger partial charge < -0.3 is 10.2 Å². The second-order valence-corrected chi connectivity index (χ2v) is 6.49. The second kappa shape index (κ2) is 6.47. The molecule has 0 atom stereocenters. The molecular weight excluding hydrogens is 318 g/mol. The number of aromatic amines is 1. The summed E-state index contributed by atoms with van der Waals surface area (Å²) >= 11 is 0. The smallest absolute Gasteiger partial charge is 0.343 e. The zero-order valence-corrected chi connectivity index (χ0v) is 14.4. The maximum Gasteiger partial charge on any atom is 0.343 e. The summed E-state index contributed by atoms with van der Waals surface area (Å²) in [6, 6.07) is 10.2. The van der Waals surface area contributed by atoms with Gasteiger partial charge in [0, 0.05) is 0 Å².